The third-order valence-corrected chi connectivity index (χ3v) is 4.34. The molecule has 21 heavy (non-hydrogen) atoms. The van der Waals surface area contributed by atoms with Gasteiger partial charge >= 0.3 is 5.97 Å². The molecule has 0 aliphatic rings. The van der Waals surface area contributed by atoms with E-state index in [-0.39, 0.29) is 11.9 Å². The van der Waals surface area contributed by atoms with Crippen molar-refractivity contribution in [1.29, 1.82) is 0 Å². The van der Waals surface area contributed by atoms with Gasteiger partial charge in [0.25, 0.3) is 0 Å². The normalized spacial score (nSPS) is 14.8. The van der Waals surface area contributed by atoms with E-state index in [1.165, 1.54) is 11.9 Å². The van der Waals surface area contributed by atoms with E-state index in [4.69, 9.17) is 11.2 Å². The number of carbonyl (C=O) groups excluding carboxylic acids is 1. The van der Waals surface area contributed by atoms with Crippen LogP contribution in [0, 0.1) is 18.3 Å². The molecule has 3 nitrogen and oxygen atoms in total. The minimum absolute atomic E-state index is 0.257. The maximum Gasteiger partial charge on any atom is 0.328 e. The summed E-state index contributed by atoms with van der Waals surface area (Å²) in [7, 11) is 0. The van der Waals surface area contributed by atoms with Gasteiger partial charge in [-0.15, -0.1) is 12.3 Å². The molecule has 1 aromatic carbocycles. The van der Waals surface area contributed by atoms with Crippen molar-refractivity contribution in [3.05, 3.63) is 30.3 Å². The zero-order valence-corrected chi connectivity index (χ0v) is 13.7. The number of terminal acetylenes is 1. The standard InChI is InChI=1S/C17H23NO2S/c1-5-13-17(14(4)6-2,16(19)20-7-3)18-21-15-11-9-8-10-12-15/h2,8-12,14,18H,5,7,13H2,1,3-4H3. The number of rotatable bonds is 8. The largest absolute Gasteiger partial charge is 0.465 e. The van der Waals surface area contributed by atoms with E-state index >= 15 is 0 Å². The molecule has 2 atom stereocenters. The fourth-order valence-corrected chi connectivity index (χ4v) is 3.07. The molecule has 4 heteroatoms. The van der Waals surface area contributed by atoms with Gasteiger partial charge in [0.1, 0.15) is 5.54 Å². The monoisotopic (exact) mass is 305 g/mol. The van der Waals surface area contributed by atoms with Gasteiger partial charge in [-0.2, -0.15) is 0 Å². The summed E-state index contributed by atoms with van der Waals surface area (Å²) >= 11 is 1.42. The first kappa shape index (κ1) is 17.6. The number of hydrogen-bond acceptors (Lipinski definition) is 4. The van der Waals surface area contributed by atoms with Gasteiger partial charge in [0, 0.05) is 10.8 Å². The highest BCUT2D eigenvalue weighted by Gasteiger charge is 2.43. The number of ether oxygens (including phenoxy) is 1. The van der Waals surface area contributed by atoms with Crippen LogP contribution in [0.4, 0.5) is 0 Å². The minimum atomic E-state index is -0.861. The minimum Gasteiger partial charge on any atom is -0.465 e. The number of hydrogen-bond donors (Lipinski definition) is 1. The maximum absolute atomic E-state index is 12.5. The Hall–Kier alpha value is -1.44. The summed E-state index contributed by atoms with van der Waals surface area (Å²) in [5.74, 6) is 2.16. The van der Waals surface area contributed by atoms with Gasteiger partial charge in [-0.25, -0.2) is 9.52 Å². The van der Waals surface area contributed by atoms with Crippen LogP contribution in [0.1, 0.15) is 33.6 Å². The van der Waals surface area contributed by atoms with Crippen molar-refractivity contribution in [2.45, 2.75) is 44.0 Å². The molecule has 2 unspecified atom stereocenters. The maximum atomic E-state index is 12.5. The summed E-state index contributed by atoms with van der Waals surface area (Å²) in [6, 6.07) is 9.85. The molecule has 0 heterocycles. The lowest BCUT2D eigenvalue weighted by molar-refractivity contribution is -0.152. The summed E-state index contributed by atoms with van der Waals surface area (Å²) in [5.41, 5.74) is -0.861. The summed E-state index contributed by atoms with van der Waals surface area (Å²) < 4.78 is 8.55. The van der Waals surface area contributed by atoms with Crippen LogP contribution in [-0.4, -0.2) is 18.1 Å². The van der Waals surface area contributed by atoms with E-state index in [9.17, 15) is 4.79 Å². The highest BCUT2D eigenvalue weighted by Crippen LogP contribution is 2.29. The van der Waals surface area contributed by atoms with E-state index in [1.807, 2.05) is 44.2 Å². The summed E-state index contributed by atoms with van der Waals surface area (Å²) in [5, 5.41) is 0. The molecule has 0 bridgehead atoms. The Morgan fingerprint density at radius 2 is 2.10 bits per heavy atom. The first-order valence-corrected chi connectivity index (χ1v) is 8.04. The van der Waals surface area contributed by atoms with Crippen LogP contribution in [0.15, 0.2) is 35.2 Å². The van der Waals surface area contributed by atoms with Crippen LogP contribution in [0.5, 0.6) is 0 Å². The number of nitrogens with one attached hydrogen (secondary N) is 1. The lowest BCUT2D eigenvalue weighted by Gasteiger charge is -2.34. The Morgan fingerprint density at radius 3 is 2.62 bits per heavy atom. The molecule has 0 spiro atoms. The lowest BCUT2D eigenvalue weighted by atomic mass is 9.82. The highest BCUT2D eigenvalue weighted by atomic mass is 32.2. The van der Waals surface area contributed by atoms with Gasteiger partial charge < -0.3 is 4.74 Å². The van der Waals surface area contributed by atoms with E-state index in [0.29, 0.717) is 13.0 Å². The van der Waals surface area contributed by atoms with Crippen molar-refractivity contribution >= 4 is 17.9 Å². The molecule has 1 aromatic rings. The topological polar surface area (TPSA) is 38.3 Å². The van der Waals surface area contributed by atoms with Gasteiger partial charge in [-0.3, -0.25) is 0 Å². The van der Waals surface area contributed by atoms with E-state index in [1.54, 1.807) is 6.92 Å². The second kappa shape index (κ2) is 8.76. The SMILES string of the molecule is C#CC(C)C(CCC)(NSc1ccccc1)C(=O)OCC. The molecule has 1 N–H and O–H groups in total. The Labute approximate surface area is 132 Å². The Kier molecular flexibility index (Phi) is 7.35. The van der Waals surface area contributed by atoms with Crippen LogP contribution in [0.2, 0.25) is 0 Å². The Balaban J connectivity index is 2.98. The van der Waals surface area contributed by atoms with Crippen LogP contribution >= 0.6 is 11.9 Å². The summed E-state index contributed by atoms with van der Waals surface area (Å²) in [6.45, 7) is 6.07. The van der Waals surface area contributed by atoms with E-state index < -0.39 is 5.54 Å². The molecule has 0 amide bonds. The fraction of sp³-hybridized carbons (Fsp3) is 0.471. The van der Waals surface area contributed by atoms with Crippen LogP contribution in [0.3, 0.4) is 0 Å². The lowest BCUT2D eigenvalue weighted by Crippen LogP contribution is -2.54. The molecular weight excluding hydrogens is 282 g/mol. The molecule has 0 aliphatic carbocycles. The van der Waals surface area contributed by atoms with Gasteiger partial charge in [0.05, 0.1) is 6.61 Å². The van der Waals surface area contributed by atoms with Gasteiger partial charge in [-0.05, 0) is 44.3 Å². The van der Waals surface area contributed by atoms with Crippen molar-refractivity contribution < 1.29 is 9.53 Å². The predicted octanol–water partition coefficient (Wildman–Crippen LogP) is 3.65. The van der Waals surface area contributed by atoms with Crippen LogP contribution in [-0.2, 0) is 9.53 Å². The second-order valence-electron chi connectivity index (χ2n) is 4.85. The van der Waals surface area contributed by atoms with Gasteiger partial charge in [0.2, 0.25) is 0 Å². The number of benzene rings is 1. The Bertz CT molecular complexity index is 483. The molecule has 0 radical (unpaired) electrons. The fourth-order valence-electron chi connectivity index (χ4n) is 2.11. The van der Waals surface area contributed by atoms with Crippen molar-refractivity contribution in [3.8, 4) is 12.3 Å². The first-order chi connectivity index (χ1) is 10.1. The van der Waals surface area contributed by atoms with Crippen molar-refractivity contribution in [2.75, 3.05) is 6.61 Å². The first-order valence-electron chi connectivity index (χ1n) is 7.23. The average molecular weight is 305 g/mol. The zero-order chi connectivity index (χ0) is 15.7. The third kappa shape index (κ3) is 4.52. The predicted molar refractivity (Wildman–Crippen MR) is 87.7 cm³/mol. The van der Waals surface area contributed by atoms with Crippen molar-refractivity contribution in [2.24, 2.45) is 5.92 Å². The molecular formula is C17H23NO2S. The molecule has 1 rings (SSSR count). The molecule has 0 fully saturated rings. The molecule has 114 valence electrons. The van der Waals surface area contributed by atoms with Gasteiger partial charge in [0.15, 0.2) is 0 Å². The number of carbonyl (C=O) groups is 1. The zero-order valence-electron chi connectivity index (χ0n) is 12.9. The smallest absolute Gasteiger partial charge is 0.328 e. The summed E-state index contributed by atoms with van der Waals surface area (Å²) in [6.07, 6.45) is 7.06. The molecule has 0 saturated carbocycles. The Morgan fingerprint density at radius 1 is 1.43 bits per heavy atom. The molecule has 0 aromatic heterocycles. The van der Waals surface area contributed by atoms with Crippen molar-refractivity contribution in [1.82, 2.24) is 4.72 Å². The molecule has 0 saturated heterocycles. The van der Waals surface area contributed by atoms with Crippen LogP contribution in [0.25, 0.3) is 0 Å². The second-order valence-corrected chi connectivity index (χ2v) is 5.73. The highest BCUT2D eigenvalue weighted by molar-refractivity contribution is 7.97. The number of esters is 1. The average Bonchev–Trinajstić information content (AvgIpc) is 2.52. The van der Waals surface area contributed by atoms with E-state index in [2.05, 4.69) is 10.6 Å². The van der Waals surface area contributed by atoms with Crippen LogP contribution < -0.4 is 4.72 Å². The van der Waals surface area contributed by atoms with Gasteiger partial charge in [-0.1, -0.05) is 31.5 Å². The summed E-state index contributed by atoms with van der Waals surface area (Å²) in [4.78, 5) is 13.5. The van der Waals surface area contributed by atoms with E-state index in [0.717, 1.165) is 11.3 Å². The third-order valence-electron chi connectivity index (χ3n) is 3.37. The van der Waals surface area contributed by atoms with Crippen molar-refractivity contribution in [3.63, 3.8) is 0 Å². The molecule has 0 aliphatic heterocycles. The quantitative estimate of drug-likeness (QED) is 0.452.